The molecule has 2 atom stereocenters. The van der Waals surface area contributed by atoms with Crippen molar-refractivity contribution in [2.75, 3.05) is 27.2 Å². The van der Waals surface area contributed by atoms with E-state index in [-0.39, 0.29) is 18.5 Å². The fourth-order valence-electron chi connectivity index (χ4n) is 3.33. The number of aliphatic hydroxyl groups excluding tert-OH is 1. The Labute approximate surface area is 155 Å². The first-order valence-corrected chi connectivity index (χ1v) is 8.58. The lowest BCUT2D eigenvalue weighted by molar-refractivity contribution is -0.137. The van der Waals surface area contributed by atoms with Gasteiger partial charge < -0.3 is 14.9 Å². The summed E-state index contributed by atoms with van der Waals surface area (Å²) in [6, 6.07) is 11.4. The van der Waals surface area contributed by atoms with Crippen LogP contribution >= 0.6 is 0 Å². The molecule has 27 heavy (non-hydrogen) atoms. The molecule has 0 spiro atoms. The first kappa shape index (κ1) is 19.4. The summed E-state index contributed by atoms with van der Waals surface area (Å²) in [4.78, 5) is 16.2. The highest BCUT2D eigenvalue weighted by Gasteiger charge is 2.35. The molecule has 2 unspecified atom stereocenters. The lowest BCUT2D eigenvalue weighted by Crippen LogP contribution is -2.38. The number of hydrogen-bond donors (Lipinski definition) is 1. The summed E-state index contributed by atoms with van der Waals surface area (Å²) in [5.74, 6) is -0.243. The maximum atomic E-state index is 12.9. The number of likely N-dealkylation sites (tertiary alicyclic amines) is 1. The largest absolute Gasteiger partial charge is 0.416 e. The lowest BCUT2D eigenvalue weighted by Gasteiger charge is -2.21. The predicted molar refractivity (Wildman–Crippen MR) is 96.3 cm³/mol. The van der Waals surface area contributed by atoms with Crippen molar-refractivity contribution in [3.8, 4) is 11.1 Å². The Hall–Kier alpha value is -2.38. The van der Waals surface area contributed by atoms with Crippen LogP contribution in [-0.4, -0.2) is 60.1 Å². The van der Waals surface area contributed by atoms with E-state index < -0.39 is 17.8 Å². The molecule has 1 aliphatic heterocycles. The van der Waals surface area contributed by atoms with Crippen LogP contribution in [0.15, 0.2) is 48.5 Å². The number of aliphatic hydroxyl groups is 1. The molecular weight excluding hydrogens is 357 g/mol. The van der Waals surface area contributed by atoms with Gasteiger partial charge in [0.15, 0.2) is 0 Å². The smallest absolute Gasteiger partial charge is 0.390 e. The molecule has 1 aliphatic rings. The molecule has 1 amide bonds. The molecule has 7 heteroatoms. The normalized spacial score (nSPS) is 20.3. The second kappa shape index (κ2) is 7.32. The van der Waals surface area contributed by atoms with Gasteiger partial charge in [-0.15, -0.1) is 0 Å². The number of alkyl halides is 3. The van der Waals surface area contributed by atoms with Crippen LogP contribution in [0.25, 0.3) is 11.1 Å². The number of nitrogens with zero attached hydrogens (tertiary/aromatic N) is 2. The Morgan fingerprint density at radius 3 is 2.30 bits per heavy atom. The number of hydrogen-bond acceptors (Lipinski definition) is 3. The van der Waals surface area contributed by atoms with Gasteiger partial charge in [0.2, 0.25) is 0 Å². The topological polar surface area (TPSA) is 43.8 Å². The summed E-state index contributed by atoms with van der Waals surface area (Å²) in [6.45, 7) is 0.635. The van der Waals surface area contributed by atoms with Gasteiger partial charge in [-0.05, 0) is 49.5 Å². The highest BCUT2D eigenvalue weighted by Crippen LogP contribution is 2.32. The van der Waals surface area contributed by atoms with E-state index in [4.69, 9.17) is 0 Å². The minimum Gasteiger partial charge on any atom is -0.390 e. The van der Waals surface area contributed by atoms with E-state index in [2.05, 4.69) is 0 Å². The molecule has 0 aromatic heterocycles. The van der Waals surface area contributed by atoms with E-state index >= 15 is 0 Å². The molecule has 0 saturated carbocycles. The predicted octanol–water partition coefficient (Wildman–Crippen LogP) is 3.12. The van der Waals surface area contributed by atoms with Crippen LogP contribution in [0.3, 0.4) is 0 Å². The van der Waals surface area contributed by atoms with Gasteiger partial charge >= 0.3 is 6.18 Å². The number of benzene rings is 2. The number of halogens is 3. The molecule has 1 fully saturated rings. The molecule has 144 valence electrons. The van der Waals surface area contributed by atoms with Gasteiger partial charge in [-0.3, -0.25) is 4.79 Å². The quantitative estimate of drug-likeness (QED) is 0.893. The van der Waals surface area contributed by atoms with Crippen LogP contribution in [0.4, 0.5) is 13.2 Å². The first-order valence-electron chi connectivity index (χ1n) is 8.58. The Kier molecular flexibility index (Phi) is 5.26. The molecule has 2 aromatic rings. The Bertz CT molecular complexity index is 836. The molecule has 2 aromatic carbocycles. The molecule has 1 N–H and O–H groups in total. The van der Waals surface area contributed by atoms with Gasteiger partial charge in [0.1, 0.15) is 0 Å². The summed E-state index contributed by atoms with van der Waals surface area (Å²) in [6.07, 6.45) is -5.05. The first-order chi connectivity index (χ1) is 12.7. The molecule has 0 bridgehead atoms. The SMILES string of the molecule is CN(C)C1CN(C(=O)c2cccc(-c3cccc(C(F)(F)F)c3)c2)CC1O. The summed E-state index contributed by atoms with van der Waals surface area (Å²) in [5, 5.41) is 10.1. The fraction of sp³-hybridized carbons (Fsp3) is 0.350. The van der Waals surface area contributed by atoms with Crippen molar-refractivity contribution in [3.05, 3.63) is 59.7 Å². The van der Waals surface area contributed by atoms with Crippen molar-refractivity contribution in [3.63, 3.8) is 0 Å². The molecular formula is C20H21F3N2O2. The highest BCUT2D eigenvalue weighted by molar-refractivity contribution is 5.95. The third-order valence-corrected chi connectivity index (χ3v) is 4.84. The lowest BCUT2D eigenvalue weighted by atomic mass is 10.0. The van der Waals surface area contributed by atoms with Gasteiger partial charge in [0, 0.05) is 18.7 Å². The number of carbonyl (C=O) groups is 1. The maximum Gasteiger partial charge on any atom is 0.416 e. The summed E-state index contributed by atoms with van der Waals surface area (Å²) < 4.78 is 38.8. The van der Waals surface area contributed by atoms with Gasteiger partial charge in [-0.2, -0.15) is 13.2 Å². The minimum atomic E-state index is -4.42. The molecule has 3 rings (SSSR count). The van der Waals surface area contributed by atoms with Crippen LogP contribution in [0.2, 0.25) is 0 Å². The molecule has 4 nitrogen and oxygen atoms in total. The molecule has 1 heterocycles. The van der Waals surface area contributed by atoms with Crippen molar-refractivity contribution in [2.45, 2.75) is 18.3 Å². The zero-order valence-electron chi connectivity index (χ0n) is 15.1. The van der Waals surface area contributed by atoms with Gasteiger partial charge in [0.25, 0.3) is 5.91 Å². The van der Waals surface area contributed by atoms with Gasteiger partial charge in [-0.1, -0.05) is 24.3 Å². The van der Waals surface area contributed by atoms with Crippen LogP contribution < -0.4 is 0 Å². The van der Waals surface area contributed by atoms with E-state index in [1.54, 1.807) is 35.2 Å². The van der Waals surface area contributed by atoms with Gasteiger partial charge in [-0.25, -0.2) is 0 Å². The number of likely N-dealkylation sites (N-methyl/N-ethyl adjacent to an activating group) is 1. The number of β-amino-alcohol motifs (C(OH)–C–C–N with tert-alkyl or cyclic N) is 1. The minimum absolute atomic E-state index is 0.138. The fourth-order valence-corrected chi connectivity index (χ4v) is 3.33. The zero-order valence-corrected chi connectivity index (χ0v) is 15.1. The summed E-state index contributed by atoms with van der Waals surface area (Å²) >= 11 is 0. The van der Waals surface area contributed by atoms with Crippen LogP contribution in [0, 0.1) is 0 Å². The molecule has 0 aliphatic carbocycles. The third-order valence-electron chi connectivity index (χ3n) is 4.84. The standard InChI is InChI=1S/C20H21F3N2O2/c1-24(2)17-11-25(12-18(17)26)19(27)15-7-3-5-13(9-15)14-6-4-8-16(10-14)20(21,22)23/h3-10,17-18,26H,11-12H2,1-2H3. The van der Waals surface area contributed by atoms with Crippen LogP contribution in [0.5, 0.6) is 0 Å². The Morgan fingerprint density at radius 2 is 1.70 bits per heavy atom. The number of rotatable bonds is 3. The van der Waals surface area contributed by atoms with Crippen molar-refractivity contribution in [2.24, 2.45) is 0 Å². The summed E-state index contributed by atoms with van der Waals surface area (Å²) in [5.41, 5.74) is 0.590. The van der Waals surface area contributed by atoms with Crippen LogP contribution in [0.1, 0.15) is 15.9 Å². The average molecular weight is 378 g/mol. The third kappa shape index (κ3) is 4.14. The van der Waals surface area contributed by atoms with E-state index in [1.807, 2.05) is 19.0 Å². The highest BCUT2D eigenvalue weighted by atomic mass is 19.4. The molecule has 1 saturated heterocycles. The average Bonchev–Trinajstić information content (AvgIpc) is 3.02. The van der Waals surface area contributed by atoms with E-state index in [0.717, 1.165) is 12.1 Å². The van der Waals surface area contributed by atoms with E-state index in [1.165, 1.54) is 6.07 Å². The van der Waals surface area contributed by atoms with E-state index in [0.29, 0.717) is 23.2 Å². The van der Waals surface area contributed by atoms with Crippen molar-refractivity contribution >= 4 is 5.91 Å². The van der Waals surface area contributed by atoms with Crippen LogP contribution in [-0.2, 0) is 6.18 Å². The number of carbonyl (C=O) groups excluding carboxylic acids is 1. The Morgan fingerprint density at radius 1 is 1.07 bits per heavy atom. The second-order valence-electron chi connectivity index (χ2n) is 6.97. The monoisotopic (exact) mass is 378 g/mol. The van der Waals surface area contributed by atoms with Gasteiger partial charge in [0.05, 0.1) is 17.7 Å². The van der Waals surface area contributed by atoms with Crippen molar-refractivity contribution < 1.29 is 23.1 Å². The Balaban J connectivity index is 1.85. The zero-order chi connectivity index (χ0) is 19.8. The molecule has 0 radical (unpaired) electrons. The van der Waals surface area contributed by atoms with E-state index in [9.17, 15) is 23.1 Å². The van der Waals surface area contributed by atoms with Crippen molar-refractivity contribution in [1.82, 2.24) is 9.80 Å². The number of amides is 1. The second-order valence-corrected chi connectivity index (χ2v) is 6.97. The van der Waals surface area contributed by atoms with Crippen molar-refractivity contribution in [1.29, 1.82) is 0 Å². The maximum absolute atomic E-state index is 12.9. The summed E-state index contributed by atoms with van der Waals surface area (Å²) in [7, 11) is 3.69.